The van der Waals surface area contributed by atoms with Crippen LogP contribution in [0.3, 0.4) is 0 Å². The molecule has 0 aromatic rings. The number of hydrogen-bond donors (Lipinski definition) is 6. The number of amides is 3. The molecular formula is C16H31N5O5S. The number of carbonyl (C=O) groups excluding carboxylic acids is 3. The van der Waals surface area contributed by atoms with Crippen LogP contribution in [0.1, 0.15) is 32.6 Å². The van der Waals surface area contributed by atoms with Gasteiger partial charge in [0.25, 0.3) is 0 Å². The summed E-state index contributed by atoms with van der Waals surface area (Å²) in [5.74, 6) is -2.05. The van der Waals surface area contributed by atoms with Gasteiger partial charge < -0.3 is 32.5 Å². The zero-order valence-electron chi connectivity index (χ0n) is 15.8. The fraction of sp³-hybridized carbons (Fsp3) is 0.750. The number of carboxylic acids is 1. The molecule has 0 fully saturated rings. The number of aliphatic carboxylic acids is 1. The van der Waals surface area contributed by atoms with Gasteiger partial charge in [-0.1, -0.05) is 0 Å². The van der Waals surface area contributed by atoms with Crippen molar-refractivity contribution in [1.29, 1.82) is 0 Å². The monoisotopic (exact) mass is 405 g/mol. The third-order valence-electron chi connectivity index (χ3n) is 3.72. The minimum absolute atomic E-state index is 0.308. The molecule has 27 heavy (non-hydrogen) atoms. The van der Waals surface area contributed by atoms with Crippen molar-refractivity contribution < 1.29 is 24.3 Å². The SMILES string of the molecule is CSCCC(N)C(=O)NCC(=O)NC(CCCCN)C(=O)NC(C)C(=O)O. The van der Waals surface area contributed by atoms with Crippen LogP contribution in [-0.2, 0) is 19.2 Å². The van der Waals surface area contributed by atoms with Crippen LogP contribution in [0.15, 0.2) is 0 Å². The first-order valence-electron chi connectivity index (χ1n) is 8.77. The number of rotatable bonds is 14. The molecule has 0 radical (unpaired) electrons. The Kier molecular flexibility index (Phi) is 13.3. The smallest absolute Gasteiger partial charge is 0.325 e. The molecule has 0 aromatic carbocycles. The zero-order chi connectivity index (χ0) is 20.8. The van der Waals surface area contributed by atoms with E-state index < -0.39 is 41.8 Å². The highest BCUT2D eigenvalue weighted by Crippen LogP contribution is 2.02. The van der Waals surface area contributed by atoms with E-state index in [1.807, 2.05) is 6.26 Å². The maximum atomic E-state index is 12.2. The largest absolute Gasteiger partial charge is 0.480 e. The summed E-state index contributed by atoms with van der Waals surface area (Å²) in [4.78, 5) is 47.0. The number of hydrogen-bond acceptors (Lipinski definition) is 7. The molecule has 3 atom stereocenters. The third kappa shape index (κ3) is 11.5. The van der Waals surface area contributed by atoms with Crippen LogP contribution in [0, 0.1) is 0 Å². The van der Waals surface area contributed by atoms with Gasteiger partial charge >= 0.3 is 5.97 Å². The standard InChI is InChI=1S/C16H31N5O5S/c1-10(16(25)26)20-15(24)12(5-3-4-7-17)21-13(22)9-19-14(23)11(18)6-8-27-2/h10-12H,3-9,17-18H2,1-2H3,(H,19,23)(H,20,24)(H,21,22)(H,25,26). The molecule has 0 saturated carbocycles. The Morgan fingerprint density at radius 1 is 1.07 bits per heavy atom. The second kappa shape index (κ2) is 14.2. The average Bonchev–Trinajstić information content (AvgIpc) is 2.63. The van der Waals surface area contributed by atoms with Gasteiger partial charge in [-0.2, -0.15) is 11.8 Å². The number of carbonyl (C=O) groups is 4. The zero-order valence-corrected chi connectivity index (χ0v) is 16.6. The lowest BCUT2D eigenvalue weighted by Gasteiger charge is -2.20. The molecule has 0 aliphatic rings. The van der Waals surface area contributed by atoms with Crippen LogP contribution in [0.25, 0.3) is 0 Å². The van der Waals surface area contributed by atoms with Crippen LogP contribution in [0.5, 0.6) is 0 Å². The first kappa shape index (κ1) is 25.1. The summed E-state index contributed by atoms with van der Waals surface area (Å²) in [6, 6.07) is -2.70. The maximum Gasteiger partial charge on any atom is 0.325 e. The number of thioether (sulfide) groups is 1. The molecule has 3 unspecified atom stereocenters. The van der Waals surface area contributed by atoms with Crippen LogP contribution < -0.4 is 27.4 Å². The molecule has 3 amide bonds. The maximum absolute atomic E-state index is 12.2. The lowest BCUT2D eigenvalue weighted by molar-refractivity contribution is -0.141. The average molecular weight is 406 g/mol. The van der Waals surface area contributed by atoms with Gasteiger partial charge in [0.05, 0.1) is 12.6 Å². The van der Waals surface area contributed by atoms with Crippen molar-refractivity contribution in [3.8, 4) is 0 Å². The van der Waals surface area contributed by atoms with E-state index in [1.54, 1.807) is 11.8 Å². The summed E-state index contributed by atoms with van der Waals surface area (Å²) in [5.41, 5.74) is 11.1. The molecule has 0 bridgehead atoms. The minimum atomic E-state index is -1.18. The van der Waals surface area contributed by atoms with E-state index in [9.17, 15) is 19.2 Å². The van der Waals surface area contributed by atoms with Gasteiger partial charge in [0.2, 0.25) is 17.7 Å². The Balaban J connectivity index is 4.61. The number of unbranched alkanes of at least 4 members (excludes halogenated alkanes) is 1. The van der Waals surface area contributed by atoms with Crippen molar-refractivity contribution in [3.63, 3.8) is 0 Å². The van der Waals surface area contributed by atoms with E-state index in [0.717, 1.165) is 5.75 Å². The summed E-state index contributed by atoms with van der Waals surface area (Å²) in [6.45, 7) is 1.45. The lowest BCUT2D eigenvalue weighted by atomic mass is 10.1. The van der Waals surface area contributed by atoms with Crippen molar-refractivity contribution in [2.24, 2.45) is 11.5 Å². The molecule has 156 valence electrons. The molecule has 8 N–H and O–H groups in total. The van der Waals surface area contributed by atoms with Crippen molar-refractivity contribution in [2.45, 2.75) is 50.7 Å². The number of carboxylic acid groups (broad SMARTS) is 1. The van der Waals surface area contributed by atoms with E-state index in [-0.39, 0.29) is 6.54 Å². The molecule has 0 saturated heterocycles. The molecule has 0 heterocycles. The first-order chi connectivity index (χ1) is 12.7. The van der Waals surface area contributed by atoms with Gasteiger partial charge in [0.1, 0.15) is 12.1 Å². The quantitative estimate of drug-likeness (QED) is 0.187. The van der Waals surface area contributed by atoms with Gasteiger partial charge in [0.15, 0.2) is 0 Å². The van der Waals surface area contributed by atoms with Gasteiger partial charge in [-0.15, -0.1) is 0 Å². The number of nitrogens with one attached hydrogen (secondary N) is 3. The third-order valence-corrected chi connectivity index (χ3v) is 4.36. The van der Waals surface area contributed by atoms with Crippen molar-refractivity contribution in [2.75, 3.05) is 25.1 Å². The molecule has 0 aliphatic carbocycles. The highest BCUT2D eigenvalue weighted by molar-refractivity contribution is 7.98. The molecule has 10 nitrogen and oxygen atoms in total. The van der Waals surface area contributed by atoms with Crippen LogP contribution in [0.4, 0.5) is 0 Å². The summed E-state index contributed by atoms with van der Waals surface area (Å²) < 4.78 is 0. The summed E-state index contributed by atoms with van der Waals surface area (Å²) in [7, 11) is 0. The van der Waals surface area contributed by atoms with Crippen molar-refractivity contribution >= 4 is 35.5 Å². The normalized spacial score (nSPS) is 13.9. The topological polar surface area (TPSA) is 177 Å². The molecule has 0 rings (SSSR count). The predicted molar refractivity (Wildman–Crippen MR) is 104 cm³/mol. The fourth-order valence-corrected chi connectivity index (χ4v) is 2.55. The first-order valence-corrected chi connectivity index (χ1v) is 10.2. The summed E-state index contributed by atoms with van der Waals surface area (Å²) in [6.07, 6.45) is 3.95. The summed E-state index contributed by atoms with van der Waals surface area (Å²) in [5, 5.41) is 16.2. The second-order valence-corrected chi connectivity index (χ2v) is 7.06. The molecule has 0 aromatic heterocycles. The van der Waals surface area contributed by atoms with E-state index in [4.69, 9.17) is 16.6 Å². The Morgan fingerprint density at radius 3 is 2.30 bits per heavy atom. The summed E-state index contributed by atoms with van der Waals surface area (Å²) >= 11 is 1.57. The predicted octanol–water partition coefficient (Wildman–Crippen LogP) is -1.61. The second-order valence-electron chi connectivity index (χ2n) is 6.08. The van der Waals surface area contributed by atoms with Gasteiger partial charge in [-0.3, -0.25) is 19.2 Å². The Labute approximate surface area is 163 Å². The fourth-order valence-electron chi connectivity index (χ4n) is 2.06. The van der Waals surface area contributed by atoms with Gasteiger partial charge in [-0.25, -0.2) is 0 Å². The minimum Gasteiger partial charge on any atom is -0.480 e. The Morgan fingerprint density at radius 2 is 1.74 bits per heavy atom. The molecule has 0 aliphatic heterocycles. The van der Waals surface area contributed by atoms with Gasteiger partial charge in [-0.05, 0) is 51.2 Å². The molecular weight excluding hydrogens is 374 g/mol. The Bertz CT molecular complexity index is 506. The number of nitrogens with two attached hydrogens (primary N) is 2. The van der Waals surface area contributed by atoms with E-state index >= 15 is 0 Å². The van der Waals surface area contributed by atoms with Crippen LogP contribution in [0.2, 0.25) is 0 Å². The van der Waals surface area contributed by atoms with Crippen LogP contribution >= 0.6 is 11.8 Å². The lowest BCUT2D eigenvalue weighted by Crippen LogP contribution is -2.53. The highest BCUT2D eigenvalue weighted by atomic mass is 32.2. The molecule has 0 spiro atoms. The van der Waals surface area contributed by atoms with Crippen molar-refractivity contribution in [1.82, 2.24) is 16.0 Å². The van der Waals surface area contributed by atoms with E-state index in [0.29, 0.717) is 32.2 Å². The van der Waals surface area contributed by atoms with Gasteiger partial charge in [0, 0.05) is 0 Å². The molecule has 11 heteroatoms. The Hall–Kier alpha value is -1.85. The highest BCUT2D eigenvalue weighted by Gasteiger charge is 2.24. The van der Waals surface area contributed by atoms with Crippen molar-refractivity contribution in [3.05, 3.63) is 0 Å². The van der Waals surface area contributed by atoms with E-state index in [2.05, 4.69) is 16.0 Å². The van der Waals surface area contributed by atoms with E-state index in [1.165, 1.54) is 6.92 Å². The van der Waals surface area contributed by atoms with Crippen LogP contribution in [-0.4, -0.2) is 72.0 Å².